The summed E-state index contributed by atoms with van der Waals surface area (Å²) >= 11 is 0. The zero-order chi connectivity index (χ0) is 12.5. The van der Waals surface area contributed by atoms with Crippen molar-refractivity contribution in [3.63, 3.8) is 0 Å². The van der Waals surface area contributed by atoms with Crippen LogP contribution in [0.15, 0.2) is 49.4 Å². The smallest absolute Gasteiger partial charge is 0.137 e. The van der Waals surface area contributed by atoms with E-state index in [0.717, 1.165) is 27.7 Å². The van der Waals surface area contributed by atoms with Gasteiger partial charge in [-0.05, 0) is 29.8 Å². The Hall–Kier alpha value is -2.62. The molecule has 18 heavy (non-hydrogen) atoms. The molecule has 0 fully saturated rings. The Labute approximate surface area is 104 Å². The van der Waals surface area contributed by atoms with Crippen molar-refractivity contribution in [3.05, 3.63) is 60.6 Å². The lowest BCUT2D eigenvalue weighted by molar-refractivity contribution is 1.31. The molecule has 3 aromatic heterocycles. The van der Waals surface area contributed by atoms with E-state index >= 15 is 0 Å². The van der Waals surface area contributed by atoms with Gasteiger partial charge in [0.15, 0.2) is 0 Å². The number of nitrogens with two attached hydrogens (primary N) is 1. The molecule has 3 rings (SSSR count). The van der Waals surface area contributed by atoms with Crippen LogP contribution >= 0.6 is 0 Å². The van der Waals surface area contributed by atoms with Crippen LogP contribution in [-0.2, 0) is 0 Å². The molecule has 0 unspecified atom stereocenters. The Morgan fingerprint density at radius 3 is 2.89 bits per heavy atom. The van der Waals surface area contributed by atoms with E-state index in [0.29, 0.717) is 5.82 Å². The highest BCUT2D eigenvalue weighted by Gasteiger charge is 2.09. The number of nitrogens with zero attached hydrogens (tertiary/aromatic N) is 2. The van der Waals surface area contributed by atoms with Crippen LogP contribution in [0.3, 0.4) is 0 Å². The summed E-state index contributed by atoms with van der Waals surface area (Å²) < 4.78 is 0. The maximum absolute atomic E-state index is 5.58. The summed E-state index contributed by atoms with van der Waals surface area (Å²) in [5.41, 5.74) is 9.33. The molecule has 0 amide bonds. The summed E-state index contributed by atoms with van der Waals surface area (Å²) in [5, 5.41) is 1.05. The van der Waals surface area contributed by atoms with Gasteiger partial charge in [0, 0.05) is 35.1 Å². The van der Waals surface area contributed by atoms with E-state index in [-0.39, 0.29) is 0 Å². The zero-order valence-corrected chi connectivity index (χ0v) is 9.72. The molecule has 3 heterocycles. The average molecular weight is 236 g/mol. The SMILES string of the molecule is C=C(c1ccc(N)nc1)c1c[nH]c2ncccc12. The molecule has 0 saturated carbocycles. The minimum atomic E-state index is 0.507. The van der Waals surface area contributed by atoms with Crippen LogP contribution in [0.5, 0.6) is 0 Å². The summed E-state index contributed by atoms with van der Waals surface area (Å²) in [6, 6.07) is 7.62. The van der Waals surface area contributed by atoms with Gasteiger partial charge in [-0.25, -0.2) is 9.97 Å². The van der Waals surface area contributed by atoms with Crippen LogP contribution in [0.4, 0.5) is 5.82 Å². The highest BCUT2D eigenvalue weighted by Crippen LogP contribution is 2.27. The molecule has 0 aliphatic rings. The van der Waals surface area contributed by atoms with Crippen LogP contribution in [0.2, 0.25) is 0 Å². The molecule has 0 aliphatic carbocycles. The van der Waals surface area contributed by atoms with E-state index in [4.69, 9.17) is 5.73 Å². The van der Waals surface area contributed by atoms with Crippen molar-refractivity contribution in [1.82, 2.24) is 15.0 Å². The van der Waals surface area contributed by atoms with E-state index < -0.39 is 0 Å². The Morgan fingerprint density at radius 2 is 2.11 bits per heavy atom. The molecule has 0 spiro atoms. The summed E-state index contributed by atoms with van der Waals surface area (Å²) in [5.74, 6) is 0.507. The zero-order valence-electron chi connectivity index (χ0n) is 9.72. The minimum Gasteiger partial charge on any atom is -0.384 e. The first-order chi connectivity index (χ1) is 8.75. The number of rotatable bonds is 2. The largest absolute Gasteiger partial charge is 0.384 e. The maximum atomic E-state index is 5.58. The number of anilines is 1. The minimum absolute atomic E-state index is 0.507. The molecular weight excluding hydrogens is 224 g/mol. The summed E-state index contributed by atoms with van der Waals surface area (Å²) in [7, 11) is 0. The predicted molar refractivity (Wildman–Crippen MR) is 72.9 cm³/mol. The molecule has 0 bridgehead atoms. The Bertz CT molecular complexity index is 710. The Morgan fingerprint density at radius 1 is 1.22 bits per heavy atom. The molecule has 0 atom stereocenters. The number of aromatic amines is 1. The standard InChI is InChI=1S/C14H12N4/c1-9(10-4-5-13(15)17-7-10)12-8-18-14-11(12)3-2-6-16-14/h2-8H,1H2,(H2,15,17)(H,16,18). The van der Waals surface area contributed by atoms with Gasteiger partial charge >= 0.3 is 0 Å². The van der Waals surface area contributed by atoms with Crippen molar-refractivity contribution in [3.8, 4) is 0 Å². The van der Waals surface area contributed by atoms with Crippen LogP contribution < -0.4 is 5.73 Å². The Balaban J connectivity index is 2.09. The van der Waals surface area contributed by atoms with Gasteiger partial charge < -0.3 is 10.7 Å². The molecule has 0 radical (unpaired) electrons. The number of pyridine rings is 2. The van der Waals surface area contributed by atoms with Gasteiger partial charge in [0.25, 0.3) is 0 Å². The fourth-order valence-corrected chi connectivity index (χ4v) is 1.94. The van der Waals surface area contributed by atoms with Crippen molar-refractivity contribution in [1.29, 1.82) is 0 Å². The summed E-state index contributed by atoms with van der Waals surface area (Å²) in [4.78, 5) is 11.5. The van der Waals surface area contributed by atoms with E-state index in [1.54, 1.807) is 18.5 Å². The van der Waals surface area contributed by atoms with Crippen LogP contribution in [-0.4, -0.2) is 15.0 Å². The maximum Gasteiger partial charge on any atom is 0.137 e. The van der Waals surface area contributed by atoms with Gasteiger partial charge in [-0.15, -0.1) is 0 Å². The van der Waals surface area contributed by atoms with Crippen molar-refractivity contribution in [2.45, 2.75) is 0 Å². The summed E-state index contributed by atoms with van der Waals surface area (Å²) in [6.45, 7) is 4.12. The van der Waals surface area contributed by atoms with Gasteiger partial charge in [0.1, 0.15) is 11.5 Å². The highest BCUT2D eigenvalue weighted by molar-refractivity contribution is 5.94. The number of fused-ring (bicyclic) bond motifs is 1. The van der Waals surface area contributed by atoms with E-state index in [1.165, 1.54) is 0 Å². The van der Waals surface area contributed by atoms with Crippen LogP contribution in [0.25, 0.3) is 16.6 Å². The van der Waals surface area contributed by atoms with E-state index in [1.807, 2.05) is 24.4 Å². The van der Waals surface area contributed by atoms with Gasteiger partial charge in [-0.2, -0.15) is 0 Å². The summed E-state index contributed by atoms with van der Waals surface area (Å²) in [6.07, 6.45) is 5.40. The van der Waals surface area contributed by atoms with Gasteiger partial charge in [-0.3, -0.25) is 0 Å². The average Bonchev–Trinajstić information content (AvgIpc) is 2.82. The molecule has 3 aromatic rings. The third-order valence-electron chi connectivity index (χ3n) is 2.91. The molecule has 0 aliphatic heterocycles. The third kappa shape index (κ3) is 1.64. The van der Waals surface area contributed by atoms with Crippen molar-refractivity contribution < 1.29 is 0 Å². The van der Waals surface area contributed by atoms with Gasteiger partial charge in [0.2, 0.25) is 0 Å². The Kier molecular flexibility index (Phi) is 2.34. The monoisotopic (exact) mass is 236 g/mol. The third-order valence-corrected chi connectivity index (χ3v) is 2.91. The number of hydrogen-bond donors (Lipinski definition) is 2. The van der Waals surface area contributed by atoms with E-state index in [9.17, 15) is 0 Å². The van der Waals surface area contributed by atoms with Crippen molar-refractivity contribution in [2.75, 3.05) is 5.73 Å². The van der Waals surface area contributed by atoms with Crippen LogP contribution in [0, 0.1) is 0 Å². The molecule has 4 nitrogen and oxygen atoms in total. The highest BCUT2D eigenvalue weighted by atomic mass is 14.8. The second-order valence-electron chi connectivity index (χ2n) is 4.05. The lowest BCUT2D eigenvalue weighted by atomic mass is 10.0. The fourth-order valence-electron chi connectivity index (χ4n) is 1.94. The first-order valence-corrected chi connectivity index (χ1v) is 5.59. The molecule has 0 saturated heterocycles. The number of aromatic nitrogens is 3. The molecule has 88 valence electrons. The molecular formula is C14H12N4. The van der Waals surface area contributed by atoms with Crippen LogP contribution in [0.1, 0.15) is 11.1 Å². The second-order valence-corrected chi connectivity index (χ2v) is 4.05. The van der Waals surface area contributed by atoms with Crippen molar-refractivity contribution in [2.24, 2.45) is 0 Å². The number of hydrogen-bond acceptors (Lipinski definition) is 3. The normalized spacial score (nSPS) is 10.7. The lowest BCUT2D eigenvalue weighted by Crippen LogP contribution is -1.91. The fraction of sp³-hybridized carbons (Fsp3) is 0. The number of nitrogens with one attached hydrogen (secondary N) is 1. The molecule has 0 aromatic carbocycles. The first-order valence-electron chi connectivity index (χ1n) is 5.59. The van der Waals surface area contributed by atoms with Gasteiger partial charge in [-0.1, -0.05) is 6.58 Å². The molecule has 3 N–H and O–H groups in total. The van der Waals surface area contributed by atoms with Gasteiger partial charge in [0.05, 0.1) is 0 Å². The first kappa shape index (κ1) is 10.5. The predicted octanol–water partition coefficient (Wildman–Crippen LogP) is 2.60. The molecule has 4 heteroatoms. The quantitative estimate of drug-likeness (QED) is 0.718. The lowest BCUT2D eigenvalue weighted by Gasteiger charge is -2.04. The number of H-pyrrole nitrogens is 1. The van der Waals surface area contributed by atoms with E-state index in [2.05, 4.69) is 21.5 Å². The second kappa shape index (κ2) is 4.00. The topological polar surface area (TPSA) is 67.6 Å². The van der Waals surface area contributed by atoms with Crippen molar-refractivity contribution >= 4 is 22.4 Å². The number of nitrogen functional groups attached to an aromatic ring is 1.